The molecule has 0 unspecified atom stereocenters. The van der Waals surface area contributed by atoms with Gasteiger partial charge in [-0.1, -0.05) is 12.2 Å². The van der Waals surface area contributed by atoms with Crippen LogP contribution in [0.1, 0.15) is 36.9 Å². The van der Waals surface area contributed by atoms with Gasteiger partial charge in [0.15, 0.2) is 0 Å². The fourth-order valence-corrected chi connectivity index (χ4v) is 3.16. The number of rotatable bonds is 2. The van der Waals surface area contributed by atoms with Crippen molar-refractivity contribution in [1.29, 1.82) is 0 Å². The molecule has 1 aromatic rings. The predicted octanol–water partition coefficient (Wildman–Crippen LogP) is 1.11. The number of nitrogens with one attached hydrogen (secondary N) is 1. The molecule has 2 aliphatic carbocycles. The van der Waals surface area contributed by atoms with Crippen LogP contribution in [0.2, 0.25) is 0 Å². The minimum absolute atomic E-state index is 0.0851. The van der Waals surface area contributed by atoms with Crippen LogP contribution in [0.4, 0.5) is 0 Å². The Morgan fingerprint density at radius 3 is 3.00 bits per heavy atom. The Hall–Kier alpha value is -1.91. The van der Waals surface area contributed by atoms with Gasteiger partial charge in [-0.05, 0) is 44.1 Å². The van der Waals surface area contributed by atoms with Crippen LogP contribution >= 0.6 is 0 Å². The van der Waals surface area contributed by atoms with Gasteiger partial charge in [-0.25, -0.2) is 4.68 Å². The minimum atomic E-state index is -0.0851. The summed E-state index contributed by atoms with van der Waals surface area (Å²) in [4.78, 5) is 23.9. The monoisotopic (exact) mass is 287 g/mol. The third-order valence-electron chi connectivity index (χ3n) is 4.44. The molecule has 1 heterocycles. The Morgan fingerprint density at radius 2 is 2.24 bits per heavy atom. The summed E-state index contributed by atoms with van der Waals surface area (Å²) in [6.07, 6.45) is 9.44. The maximum absolute atomic E-state index is 12.3. The first-order valence-electron chi connectivity index (χ1n) is 7.65. The smallest absolute Gasteiger partial charge is 0.266 e. The molecular formula is C16H21N3O2. The van der Waals surface area contributed by atoms with Gasteiger partial charge < -0.3 is 5.32 Å². The molecule has 0 saturated heterocycles. The molecule has 1 amide bonds. The molecule has 0 aromatic carbocycles. The van der Waals surface area contributed by atoms with E-state index < -0.39 is 0 Å². The van der Waals surface area contributed by atoms with Crippen molar-refractivity contribution in [2.75, 3.05) is 0 Å². The SMILES string of the molecule is Cn1nc2c(cc1=O)C[C@H](NC(=O)[C@@H]1CC=CCC1)CC2. The molecule has 2 atom stereocenters. The van der Waals surface area contributed by atoms with Crippen LogP contribution in [0.25, 0.3) is 0 Å². The van der Waals surface area contributed by atoms with Crippen LogP contribution in [0, 0.1) is 5.92 Å². The van der Waals surface area contributed by atoms with E-state index in [1.807, 2.05) is 0 Å². The van der Waals surface area contributed by atoms with Crippen molar-refractivity contribution in [3.63, 3.8) is 0 Å². The predicted molar refractivity (Wildman–Crippen MR) is 79.9 cm³/mol. The van der Waals surface area contributed by atoms with Crippen LogP contribution in [0.3, 0.4) is 0 Å². The summed E-state index contributed by atoms with van der Waals surface area (Å²) in [7, 11) is 1.67. The molecule has 3 rings (SSSR count). The number of carbonyl (C=O) groups is 1. The van der Waals surface area contributed by atoms with Crippen molar-refractivity contribution in [3.05, 3.63) is 39.8 Å². The van der Waals surface area contributed by atoms with Crippen molar-refractivity contribution in [3.8, 4) is 0 Å². The molecule has 0 saturated carbocycles. The van der Waals surface area contributed by atoms with E-state index in [-0.39, 0.29) is 23.4 Å². The van der Waals surface area contributed by atoms with E-state index in [1.54, 1.807) is 13.1 Å². The standard InChI is InChI=1S/C16H21N3O2/c1-19-15(20)10-12-9-13(7-8-14(12)18-19)17-16(21)11-5-3-2-4-6-11/h2-3,10-11,13H,4-9H2,1H3,(H,17,21)/t11-,13-/m1/s1. The maximum Gasteiger partial charge on any atom is 0.266 e. The number of fused-ring (bicyclic) bond motifs is 1. The Kier molecular flexibility index (Phi) is 3.90. The van der Waals surface area contributed by atoms with E-state index in [0.717, 1.165) is 43.4 Å². The number of allylic oxidation sites excluding steroid dienone is 2. The van der Waals surface area contributed by atoms with Crippen molar-refractivity contribution in [2.45, 2.75) is 44.6 Å². The highest BCUT2D eigenvalue weighted by atomic mass is 16.2. The van der Waals surface area contributed by atoms with Crippen LogP contribution in [0.15, 0.2) is 23.0 Å². The minimum Gasteiger partial charge on any atom is -0.353 e. The normalized spacial score (nSPS) is 24.4. The van der Waals surface area contributed by atoms with Crippen LogP contribution in [0.5, 0.6) is 0 Å². The molecule has 5 heteroatoms. The Labute approximate surface area is 124 Å². The zero-order valence-corrected chi connectivity index (χ0v) is 12.3. The molecule has 0 spiro atoms. The second-order valence-corrected chi connectivity index (χ2v) is 6.01. The highest BCUT2D eigenvalue weighted by Gasteiger charge is 2.25. The number of hydrogen-bond acceptors (Lipinski definition) is 3. The largest absolute Gasteiger partial charge is 0.353 e. The molecule has 5 nitrogen and oxygen atoms in total. The van der Waals surface area contributed by atoms with Gasteiger partial charge in [-0.3, -0.25) is 9.59 Å². The van der Waals surface area contributed by atoms with E-state index in [4.69, 9.17) is 0 Å². The van der Waals surface area contributed by atoms with Gasteiger partial charge in [0, 0.05) is 25.1 Å². The first-order valence-corrected chi connectivity index (χ1v) is 7.65. The quantitative estimate of drug-likeness (QED) is 0.829. The second kappa shape index (κ2) is 5.84. The van der Waals surface area contributed by atoms with E-state index in [0.29, 0.717) is 6.42 Å². The molecule has 0 fully saturated rings. The van der Waals surface area contributed by atoms with E-state index in [2.05, 4.69) is 22.6 Å². The third kappa shape index (κ3) is 3.06. The topological polar surface area (TPSA) is 64.0 Å². The summed E-state index contributed by atoms with van der Waals surface area (Å²) < 4.78 is 1.38. The lowest BCUT2D eigenvalue weighted by atomic mass is 9.90. The van der Waals surface area contributed by atoms with Crippen molar-refractivity contribution < 1.29 is 4.79 Å². The Balaban J connectivity index is 1.66. The molecule has 0 aliphatic heterocycles. The fourth-order valence-electron chi connectivity index (χ4n) is 3.16. The molecule has 0 bridgehead atoms. The lowest BCUT2D eigenvalue weighted by Crippen LogP contribution is -2.43. The second-order valence-electron chi connectivity index (χ2n) is 6.01. The van der Waals surface area contributed by atoms with E-state index in [9.17, 15) is 9.59 Å². The van der Waals surface area contributed by atoms with Crippen LogP contribution in [-0.2, 0) is 24.7 Å². The molecule has 2 aliphatic rings. The highest BCUT2D eigenvalue weighted by molar-refractivity contribution is 5.79. The Morgan fingerprint density at radius 1 is 1.38 bits per heavy atom. The number of aryl methyl sites for hydroxylation is 2. The zero-order valence-electron chi connectivity index (χ0n) is 12.3. The van der Waals surface area contributed by atoms with Gasteiger partial charge in [0.25, 0.3) is 5.56 Å². The summed E-state index contributed by atoms with van der Waals surface area (Å²) in [5.74, 6) is 0.266. The summed E-state index contributed by atoms with van der Waals surface area (Å²) in [6.45, 7) is 0. The van der Waals surface area contributed by atoms with Crippen molar-refractivity contribution >= 4 is 5.91 Å². The average molecular weight is 287 g/mol. The number of hydrogen-bond donors (Lipinski definition) is 1. The summed E-state index contributed by atoms with van der Waals surface area (Å²) >= 11 is 0. The van der Waals surface area contributed by atoms with E-state index >= 15 is 0 Å². The molecular weight excluding hydrogens is 266 g/mol. The lowest BCUT2D eigenvalue weighted by Gasteiger charge is -2.27. The van der Waals surface area contributed by atoms with Crippen LogP contribution < -0.4 is 10.9 Å². The first kappa shape index (κ1) is 14.0. The van der Waals surface area contributed by atoms with Gasteiger partial charge in [0.2, 0.25) is 5.91 Å². The molecule has 1 N–H and O–H groups in total. The molecule has 1 aromatic heterocycles. The van der Waals surface area contributed by atoms with Gasteiger partial charge in [-0.15, -0.1) is 0 Å². The van der Waals surface area contributed by atoms with Crippen LogP contribution in [-0.4, -0.2) is 21.7 Å². The van der Waals surface area contributed by atoms with Crippen molar-refractivity contribution in [1.82, 2.24) is 15.1 Å². The highest BCUT2D eigenvalue weighted by Crippen LogP contribution is 2.21. The molecule has 21 heavy (non-hydrogen) atoms. The molecule has 112 valence electrons. The van der Waals surface area contributed by atoms with E-state index in [1.165, 1.54) is 4.68 Å². The molecule has 0 radical (unpaired) electrons. The maximum atomic E-state index is 12.3. The van der Waals surface area contributed by atoms with Crippen molar-refractivity contribution in [2.24, 2.45) is 13.0 Å². The number of nitrogens with zero attached hydrogens (tertiary/aromatic N) is 2. The van der Waals surface area contributed by atoms with Gasteiger partial charge >= 0.3 is 0 Å². The third-order valence-corrected chi connectivity index (χ3v) is 4.44. The van der Waals surface area contributed by atoms with Gasteiger partial charge in [0.1, 0.15) is 0 Å². The first-order chi connectivity index (χ1) is 10.1. The number of carbonyl (C=O) groups excluding carboxylic acids is 1. The van der Waals surface area contributed by atoms with Gasteiger partial charge in [-0.2, -0.15) is 5.10 Å². The fraction of sp³-hybridized carbons (Fsp3) is 0.562. The van der Waals surface area contributed by atoms with Gasteiger partial charge in [0.05, 0.1) is 5.69 Å². The number of aromatic nitrogens is 2. The summed E-state index contributed by atoms with van der Waals surface area (Å²) in [5.41, 5.74) is 1.89. The number of amides is 1. The Bertz CT molecular complexity index is 633. The lowest BCUT2D eigenvalue weighted by molar-refractivity contribution is -0.126. The summed E-state index contributed by atoms with van der Waals surface area (Å²) in [5, 5.41) is 7.45. The summed E-state index contributed by atoms with van der Waals surface area (Å²) in [6, 6.07) is 1.79. The average Bonchev–Trinajstić information content (AvgIpc) is 2.49. The zero-order chi connectivity index (χ0) is 14.8.